The molecule has 0 saturated carbocycles. The van der Waals surface area contributed by atoms with Crippen molar-refractivity contribution in [2.45, 2.75) is 25.9 Å². The summed E-state index contributed by atoms with van der Waals surface area (Å²) in [6.45, 7) is 7.89. The summed E-state index contributed by atoms with van der Waals surface area (Å²) < 4.78 is 0. The molecule has 0 aliphatic carbocycles. The summed E-state index contributed by atoms with van der Waals surface area (Å²) in [4.78, 5) is 16.4. The molecule has 2 heterocycles. The molecule has 0 aromatic carbocycles. The number of nitrogens with one attached hydrogen (secondary N) is 1. The van der Waals surface area contributed by atoms with Crippen molar-refractivity contribution in [2.24, 2.45) is 5.92 Å². The summed E-state index contributed by atoms with van der Waals surface area (Å²) in [5.74, 6) is 0.591. The van der Waals surface area contributed by atoms with Crippen molar-refractivity contribution in [3.63, 3.8) is 0 Å². The molecular weight excluding hydrogens is 190 g/mol. The number of piperazine rings is 1. The van der Waals surface area contributed by atoms with Gasteiger partial charge in [0.05, 0.1) is 5.92 Å². The normalized spacial score (nSPS) is 33.9. The largest absolute Gasteiger partial charge is 0.339 e. The van der Waals surface area contributed by atoms with Gasteiger partial charge in [-0.25, -0.2) is 0 Å². The van der Waals surface area contributed by atoms with Crippen LogP contribution in [0.4, 0.5) is 0 Å². The summed E-state index contributed by atoms with van der Waals surface area (Å²) in [5, 5.41) is 3.15. The van der Waals surface area contributed by atoms with Crippen molar-refractivity contribution in [1.29, 1.82) is 0 Å². The highest BCUT2D eigenvalue weighted by Crippen LogP contribution is 2.17. The fourth-order valence-electron chi connectivity index (χ4n) is 2.31. The molecule has 2 unspecified atom stereocenters. The third-order valence-corrected chi connectivity index (χ3v) is 3.80. The third kappa shape index (κ3) is 2.01. The molecule has 1 amide bonds. The van der Waals surface area contributed by atoms with E-state index in [9.17, 15) is 4.79 Å². The zero-order valence-corrected chi connectivity index (χ0v) is 9.86. The van der Waals surface area contributed by atoms with Crippen LogP contribution in [-0.2, 0) is 4.79 Å². The summed E-state index contributed by atoms with van der Waals surface area (Å²) in [6, 6.07) is 0.955. The molecule has 0 aromatic heterocycles. The first-order valence-electron chi connectivity index (χ1n) is 5.81. The van der Waals surface area contributed by atoms with Gasteiger partial charge in [-0.15, -0.1) is 0 Å². The number of carbonyl (C=O) groups is 1. The molecular formula is C11H21N3O. The Morgan fingerprint density at radius 3 is 2.13 bits per heavy atom. The van der Waals surface area contributed by atoms with Crippen LogP contribution in [0.5, 0.6) is 0 Å². The van der Waals surface area contributed by atoms with E-state index in [2.05, 4.69) is 31.1 Å². The van der Waals surface area contributed by atoms with Crippen molar-refractivity contribution in [3.05, 3.63) is 0 Å². The Balaban J connectivity index is 1.95. The minimum absolute atomic E-state index is 0.243. The van der Waals surface area contributed by atoms with Gasteiger partial charge in [-0.1, -0.05) is 0 Å². The second-order valence-corrected chi connectivity index (χ2v) is 4.96. The predicted octanol–water partition coefficient (Wildman–Crippen LogP) is -0.243. The molecule has 4 heteroatoms. The van der Waals surface area contributed by atoms with Crippen LogP contribution in [0.25, 0.3) is 0 Å². The maximum absolute atomic E-state index is 12.0. The fourth-order valence-corrected chi connectivity index (χ4v) is 2.31. The standard InChI is InChI=1S/C11H21N3O/c1-8-6-14(7-9(2)13(8)3)11(15)10-4-12-5-10/h8-10,12H,4-7H2,1-3H3. The van der Waals surface area contributed by atoms with Crippen molar-refractivity contribution >= 4 is 5.91 Å². The van der Waals surface area contributed by atoms with Gasteiger partial charge in [0.2, 0.25) is 5.91 Å². The highest BCUT2D eigenvalue weighted by molar-refractivity contribution is 5.80. The number of rotatable bonds is 1. The van der Waals surface area contributed by atoms with E-state index in [0.717, 1.165) is 26.2 Å². The maximum atomic E-state index is 12.0. The van der Waals surface area contributed by atoms with Gasteiger partial charge >= 0.3 is 0 Å². The third-order valence-electron chi connectivity index (χ3n) is 3.80. The summed E-state index contributed by atoms with van der Waals surface area (Å²) in [7, 11) is 2.14. The Hall–Kier alpha value is -0.610. The van der Waals surface area contributed by atoms with Crippen LogP contribution in [0.2, 0.25) is 0 Å². The highest BCUT2D eigenvalue weighted by atomic mass is 16.2. The van der Waals surface area contributed by atoms with E-state index >= 15 is 0 Å². The van der Waals surface area contributed by atoms with E-state index in [1.54, 1.807) is 0 Å². The van der Waals surface area contributed by atoms with Gasteiger partial charge in [-0.05, 0) is 20.9 Å². The fraction of sp³-hybridized carbons (Fsp3) is 0.909. The smallest absolute Gasteiger partial charge is 0.228 e. The van der Waals surface area contributed by atoms with Crippen molar-refractivity contribution in [3.8, 4) is 0 Å². The number of carbonyl (C=O) groups excluding carboxylic acids is 1. The molecule has 0 spiro atoms. The van der Waals surface area contributed by atoms with Crippen molar-refractivity contribution in [2.75, 3.05) is 33.2 Å². The molecule has 2 fully saturated rings. The van der Waals surface area contributed by atoms with Crippen molar-refractivity contribution in [1.82, 2.24) is 15.1 Å². The van der Waals surface area contributed by atoms with Gasteiger partial charge in [-0.2, -0.15) is 0 Å². The predicted molar refractivity (Wildman–Crippen MR) is 59.6 cm³/mol. The van der Waals surface area contributed by atoms with E-state index in [0.29, 0.717) is 18.0 Å². The Morgan fingerprint density at radius 1 is 1.20 bits per heavy atom. The molecule has 0 bridgehead atoms. The summed E-state index contributed by atoms with van der Waals surface area (Å²) in [6.07, 6.45) is 0. The molecule has 0 radical (unpaired) electrons. The zero-order chi connectivity index (χ0) is 11.0. The molecule has 0 aromatic rings. The molecule has 15 heavy (non-hydrogen) atoms. The maximum Gasteiger partial charge on any atom is 0.228 e. The van der Waals surface area contributed by atoms with Gasteiger partial charge in [0.1, 0.15) is 0 Å². The number of amides is 1. The number of likely N-dealkylation sites (N-methyl/N-ethyl adjacent to an activating group) is 1. The van der Waals surface area contributed by atoms with E-state index in [-0.39, 0.29) is 5.92 Å². The average molecular weight is 211 g/mol. The molecule has 2 rings (SSSR count). The van der Waals surface area contributed by atoms with Gasteiger partial charge in [0.25, 0.3) is 0 Å². The van der Waals surface area contributed by atoms with Crippen LogP contribution in [0, 0.1) is 5.92 Å². The molecule has 1 N–H and O–H groups in total. The Bertz CT molecular complexity index is 240. The first-order valence-corrected chi connectivity index (χ1v) is 5.81. The summed E-state index contributed by atoms with van der Waals surface area (Å²) >= 11 is 0. The van der Waals surface area contributed by atoms with Gasteiger partial charge < -0.3 is 10.2 Å². The Morgan fingerprint density at radius 2 is 1.73 bits per heavy atom. The highest BCUT2D eigenvalue weighted by Gasteiger charge is 2.34. The molecule has 4 nitrogen and oxygen atoms in total. The summed E-state index contributed by atoms with van der Waals surface area (Å²) in [5.41, 5.74) is 0. The monoisotopic (exact) mass is 211 g/mol. The van der Waals surface area contributed by atoms with E-state index < -0.39 is 0 Å². The van der Waals surface area contributed by atoms with Gasteiger partial charge in [0.15, 0.2) is 0 Å². The molecule has 2 aliphatic heterocycles. The second-order valence-electron chi connectivity index (χ2n) is 4.96. The van der Waals surface area contributed by atoms with Crippen LogP contribution < -0.4 is 5.32 Å². The molecule has 2 aliphatic rings. The van der Waals surface area contributed by atoms with Crippen LogP contribution >= 0.6 is 0 Å². The molecule has 2 atom stereocenters. The van der Waals surface area contributed by atoms with Crippen LogP contribution in [0.15, 0.2) is 0 Å². The van der Waals surface area contributed by atoms with E-state index in [4.69, 9.17) is 0 Å². The number of nitrogens with zero attached hydrogens (tertiary/aromatic N) is 2. The lowest BCUT2D eigenvalue weighted by molar-refractivity contribution is -0.141. The average Bonchev–Trinajstić information content (AvgIpc) is 2.10. The lowest BCUT2D eigenvalue weighted by atomic mass is 9.99. The van der Waals surface area contributed by atoms with Crippen LogP contribution in [0.3, 0.4) is 0 Å². The Kier molecular flexibility index (Phi) is 2.98. The van der Waals surface area contributed by atoms with Crippen molar-refractivity contribution < 1.29 is 4.79 Å². The van der Waals surface area contributed by atoms with E-state index in [1.165, 1.54) is 0 Å². The lowest BCUT2D eigenvalue weighted by Crippen LogP contribution is -2.60. The SMILES string of the molecule is CC1CN(C(=O)C2CNC2)CC(C)N1C. The quantitative estimate of drug-likeness (QED) is 0.650. The van der Waals surface area contributed by atoms with Gasteiger partial charge in [0, 0.05) is 38.3 Å². The molecule has 2 saturated heterocycles. The lowest BCUT2D eigenvalue weighted by Gasteiger charge is -2.44. The van der Waals surface area contributed by atoms with Crippen LogP contribution in [0.1, 0.15) is 13.8 Å². The topological polar surface area (TPSA) is 35.6 Å². The minimum Gasteiger partial charge on any atom is -0.339 e. The number of hydrogen-bond acceptors (Lipinski definition) is 3. The Labute approximate surface area is 91.6 Å². The molecule has 86 valence electrons. The number of hydrogen-bond donors (Lipinski definition) is 1. The van der Waals surface area contributed by atoms with Gasteiger partial charge in [-0.3, -0.25) is 9.69 Å². The zero-order valence-electron chi connectivity index (χ0n) is 9.86. The van der Waals surface area contributed by atoms with Crippen LogP contribution in [-0.4, -0.2) is 61.0 Å². The van der Waals surface area contributed by atoms with E-state index in [1.807, 2.05) is 4.90 Å². The minimum atomic E-state index is 0.243. The second kappa shape index (κ2) is 4.10. The first kappa shape index (κ1) is 10.9. The first-order chi connectivity index (χ1) is 7.09.